The highest BCUT2D eigenvalue weighted by Crippen LogP contribution is 2.22. The molecule has 4 aromatic rings. The molecule has 0 bridgehead atoms. The summed E-state index contributed by atoms with van der Waals surface area (Å²) in [4.78, 5) is 12.8. The van der Waals surface area contributed by atoms with Crippen LogP contribution in [-0.4, -0.2) is 20.8 Å². The highest BCUT2D eigenvalue weighted by Gasteiger charge is 2.10. The lowest BCUT2D eigenvalue weighted by Gasteiger charge is -2.06. The Balaban J connectivity index is 1.67. The number of rotatable bonds is 5. The average Bonchev–Trinajstić information content (AvgIpc) is 3.12. The fourth-order valence-electron chi connectivity index (χ4n) is 2.97. The average molecular weight is 363 g/mol. The first kappa shape index (κ1) is 17.0. The zero-order valence-electron chi connectivity index (χ0n) is 14.8. The molecule has 0 radical (unpaired) electrons. The molecule has 2 heterocycles. The minimum atomic E-state index is -0.294. The lowest BCUT2D eigenvalue weighted by atomic mass is 10.1. The second-order valence-electron chi connectivity index (χ2n) is 6.17. The van der Waals surface area contributed by atoms with Crippen molar-refractivity contribution in [2.75, 3.05) is 6.61 Å². The van der Waals surface area contributed by atoms with Crippen molar-refractivity contribution >= 4 is 5.52 Å². The molecule has 2 aromatic heterocycles. The molecule has 5 nitrogen and oxygen atoms in total. The summed E-state index contributed by atoms with van der Waals surface area (Å²) in [6.45, 7) is 2.92. The molecule has 0 N–H and O–H groups in total. The molecule has 4 rings (SSSR count). The van der Waals surface area contributed by atoms with Gasteiger partial charge in [-0.3, -0.25) is 4.79 Å². The van der Waals surface area contributed by atoms with Crippen LogP contribution in [0.3, 0.4) is 0 Å². The van der Waals surface area contributed by atoms with Gasteiger partial charge in [-0.15, -0.1) is 0 Å². The molecule has 0 amide bonds. The summed E-state index contributed by atoms with van der Waals surface area (Å²) in [6, 6.07) is 15.5. The second-order valence-corrected chi connectivity index (χ2v) is 6.17. The quantitative estimate of drug-likeness (QED) is 0.543. The SMILES string of the molecule is CCOc1ccc(-c2cc3c(=O)n(Cc4ccc(F)cc4)ccn3n2)cc1. The molecule has 0 aliphatic carbocycles. The van der Waals surface area contributed by atoms with Gasteiger partial charge in [0.25, 0.3) is 5.56 Å². The van der Waals surface area contributed by atoms with Crippen LogP contribution in [0, 0.1) is 5.82 Å². The minimum Gasteiger partial charge on any atom is -0.494 e. The number of hydrogen-bond donors (Lipinski definition) is 0. The zero-order chi connectivity index (χ0) is 18.8. The summed E-state index contributed by atoms with van der Waals surface area (Å²) in [7, 11) is 0. The van der Waals surface area contributed by atoms with Crippen LogP contribution in [0.4, 0.5) is 4.39 Å². The van der Waals surface area contributed by atoms with Crippen LogP contribution in [0.25, 0.3) is 16.8 Å². The number of benzene rings is 2. The smallest absolute Gasteiger partial charge is 0.276 e. The van der Waals surface area contributed by atoms with Crippen LogP contribution in [0.1, 0.15) is 12.5 Å². The third-order valence-corrected chi connectivity index (χ3v) is 4.33. The van der Waals surface area contributed by atoms with Crippen molar-refractivity contribution in [1.29, 1.82) is 0 Å². The maximum Gasteiger partial charge on any atom is 0.276 e. The molecule has 6 heteroatoms. The molecule has 2 aromatic carbocycles. The van der Waals surface area contributed by atoms with Gasteiger partial charge in [0.1, 0.15) is 17.1 Å². The third-order valence-electron chi connectivity index (χ3n) is 4.33. The van der Waals surface area contributed by atoms with Gasteiger partial charge in [0, 0.05) is 18.0 Å². The Morgan fingerprint density at radius 2 is 1.78 bits per heavy atom. The van der Waals surface area contributed by atoms with Crippen LogP contribution >= 0.6 is 0 Å². The summed E-state index contributed by atoms with van der Waals surface area (Å²) in [5.74, 6) is 0.504. The summed E-state index contributed by atoms with van der Waals surface area (Å²) in [6.07, 6.45) is 3.44. The predicted octanol–water partition coefficient (Wildman–Crippen LogP) is 3.75. The standard InChI is InChI=1S/C21H18FN3O2/c1-2-27-18-9-5-16(6-10-18)19-13-20-21(26)24(11-12-25(20)23-19)14-15-3-7-17(22)8-4-15/h3-13H,2,14H2,1H3. The number of hydrogen-bond acceptors (Lipinski definition) is 3. The van der Waals surface area contributed by atoms with Gasteiger partial charge < -0.3 is 9.30 Å². The lowest BCUT2D eigenvalue weighted by Crippen LogP contribution is -2.21. The highest BCUT2D eigenvalue weighted by atomic mass is 19.1. The number of nitrogens with zero attached hydrogens (tertiary/aromatic N) is 3. The molecule has 27 heavy (non-hydrogen) atoms. The predicted molar refractivity (Wildman–Crippen MR) is 102 cm³/mol. The van der Waals surface area contributed by atoms with E-state index in [1.165, 1.54) is 12.1 Å². The summed E-state index contributed by atoms with van der Waals surface area (Å²) in [5, 5.41) is 4.49. The number of halogens is 1. The summed E-state index contributed by atoms with van der Waals surface area (Å²) in [5.41, 5.74) is 2.82. The Labute approximate surface area is 155 Å². The first-order valence-corrected chi connectivity index (χ1v) is 8.70. The van der Waals surface area contributed by atoms with Crippen molar-refractivity contribution in [3.8, 4) is 17.0 Å². The van der Waals surface area contributed by atoms with Gasteiger partial charge in [0.05, 0.1) is 18.8 Å². The van der Waals surface area contributed by atoms with E-state index in [4.69, 9.17) is 4.74 Å². The van der Waals surface area contributed by atoms with E-state index in [2.05, 4.69) is 5.10 Å². The van der Waals surface area contributed by atoms with Crippen molar-refractivity contribution in [2.24, 2.45) is 0 Å². The van der Waals surface area contributed by atoms with Gasteiger partial charge in [-0.1, -0.05) is 12.1 Å². The minimum absolute atomic E-state index is 0.147. The summed E-state index contributed by atoms with van der Waals surface area (Å²) < 4.78 is 21.7. The van der Waals surface area contributed by atoms with E-state index in [1.54, 1.807) is 39.7 Å². The Kier molecular flexibility index (Phi) is 4.46. The van der Waals surface area contributed by atoms with Crippen LogP contribution in [0.2, 0.25) is 0 Å². The summed E-state index contributed by atoms with van der Waals surface area (Å²) >= 11 is 0. The van der Waals surface area contributed by atoms with Crippen molar-refractivity contribution in [1.82, 2.24) is 14.2 Å². The van der Waals surface area contributed by atoms with Gasteiger partial charge in [-0.05, 0) is 55.0 Å². The Hall–Kier alpha value is -3.41. The van der Waals surface area contributed by atoms with Gasteiger partial charge in [-0.2, -0.15) is 5.10 Å². The van der Waals surface area contributed by atoms with Crippen LogP contribution in [0.5, 0.6) is 5.75 Å². The number of aromatic nitrogens is 3. The topological polar surface area (TPSA) is 48.5 Å². The lowest BCUT2D eigenvalue weighted by molar-refractivity contribution is 0.340. The van der Waals surface area contributed by atoms with Crippen molar-refractivity contribution < 1.29 is 9.13 Å². The highest BCUT2D eigenvalue weighted by molar-refractivity contribution is 5.66. The Morgan fingerprint density at radius 1 is 1.04 bits per heavy atom. The Bertz CT molecular complexity index is 1130. The van der Waals surface area contributed by atoms with Crippen LogP contribution in [-0.2, 0) is 6.54 Å². The maximum absolute atomic E-state index is 13.1. The first-order chi connectivity index (χ1) is 13.1. The molecule has 0 aliphatic rings. The molecule has 0 fully saturated rings. The fraction of sp³-hybridized carbons (Fsp3) is 0.143. The second kappa shape index (κ2) is 7.07. The van der Waals surface area contributed by atoms with Crippen molar-refractivity contribution in [3.63, 3.8) is 0 Å². The van der Waals surface area contributed by atoms with E-state index in [9.17, 15) is 9.18 Å². The van der Waals surface area contributed by atoms with E-state index in [0.29, 0.717) is 18.7 Å². The Morgan fingerprint density at radius 3 is 2.48 bits per heavy atom. The maximum atomic E-state index is 13.1. The van der Waals surface area contributed by atoms with Crippen LogP contribution < -0.4 is 10.3 Å². The van der Waals surface area contributed by atoms with E-state index in [0.717, 1.165) is 22.6 Å². The normalized spacial score (nSPS) is 11.0. The van der Waals surface area contributed by atoms with Gasteiger partial charge in [-0.25, -0.2) is 8.91 Å². The van der Waals surface area contributed by atoms with E-state index in [-0.39, 0.29) is 11.4 Å². The largest absolute Gasteiger partial charge is 0.494 e. The van der Waals surface area contributed by atoms with Crippen molar-refractivity contribution in [2.45, 2.75) is 13.5 Å². The molecule has 0 spiro atoms. The molecular formula is C21H18FN3O2. The van der Waals surface area contributed by atoms with Crippen LogP contribution in [0.15, 0.2) is 71.8 Å². The van der Waals surface area contributed by atoms with Crippen molar-refractivity contribution in [3.05, 3.63) is 88.7 Å². The molecule has 0 saturated carbocycles. The molecule has 0 atom stereocenters. The van der Waals surface area contributed by atoms with Gasteiger partial charge >= 0.3 is 0 Å². The zero-order valence-corrected chi connectivity index (χ0v) is 14.8. The van der Waals surface area contributed by atoms with E-state index < -0.39 is 0 Å². The molecular weight excluding hydrogens is 345 g/mol. The number of ether oxygens (including phenoxy) is 1. The third kappa shape index (κ3) is 3.46. The monoisotopic (exact) mass is 363 g/mol. The molecule has 0 saturated heterocycles. The first-order valence-electron chi connectivity index (χ1n) is 8.70. The van der Waals surface area contributed by atoms with E-state index >= 15 is 0 Å². The van der Waals surface area contributed by atoms with Gasteiger partial charge in [0.15, 0.2) is 0 Å². The molecule has 0 aliphatic heterocycles. The molecule has 136 valence electrons. The molecule has 0 unspecified atom stereocenters. The number of fused-ring (bicyclic) bond motifs is 1. The van der Waals surface area contributed by atoms with E-state index in [1.807, 2.05) is 31.2 Å². The van der Waals surface area contributed by atoms with Gasteiger partial charge in [0.2, 0.25) is 0 Å². The fourth-order valence-corrected chi connectivity index (χ4v) is 2.97.